The van der Waals surface area contributed by atoms with Gasteiger partial charge in [0.1, 0.15) is 17.3 Å². The van der Waals surface area contributed by atoms with Gasteiger partial charge < -0.3 is 0 Å². The van der Waals surface area contributed by atoms with E-state index in [1.807, 2.05) is 0 Å². The van der Waals surface area contributed by atoms with E-state index < -0.39 is 0 Å². The molecular formula is C12H25S4+. The average Bonchev–Trinajstić information content (AvgIpc) is 2.28. The first-order valence-electron chi connectivity index (χ1n) is 6.34. The maximum absolute atomic E-state index is 4.33. The summed E-state index contributed by atoms with van der Waals surface area (Å²) in [7, 11) is 0.719. The van der Waals surface area contributed by atoms with Crippen LogP contribution in [0, 0.1) is 0 Å². The highest BCUT2D eigenvalue weighted by atomic mass is 32.2. The Morgan fingerprint density at radius 2 is 1.44 bits per heavy atom. The molecule has 0 spiro atoms. The zero-order valence-electron chi connectivity index (χ0n) is 10.2. The van der Waals surface area contributed by atoms with Crippen LogP contribution in [0.3, 0.4) is 0 Å². The first-order chi connectivity index (χ1) is 7.93. The third-order valence-corrected chi connectivity index (χ3v) is 7.84. The minimum absolute atomic E-state index is 0.719. The minimum atomic E-state index is 0.719. The van der Waals surface area contributed by atoms with Crippen molar-refractivity contribution in [3.63, 3.8) is 0 Å². The summed E-state index contributed by atoms with van der Waals surface area (Å²) >= 11 is 8.67. The standard InChI is InChI=1S/C12H24S4/c13-5-1-10-16-11-3-8-14-6-2-7-15-9-4-12-16/h1-12H2/p+1. The van der Waals surface area contributed by atoms with E-state index in [-0.39, 0.29) is 0 Å². The summed E-state index contributed by atoms with van der Waals surface area (Å²) in [6, 6.07) is 0. The van der Waals surface area contributed by atoms with Crippen molar-refractivity contribution >= 4 is 47.0 Å². The Morgan fingerprint density at radius 1 is 0.875 bits per heavy atom. The van der Waals surface area contributed by atoms with Crippen LogP contribution in [-0.4, -0.2) is 46.0 Å². The van der Waals surface area contributed by atoms with E-state index >= 15 is 0 Å². The predicted octanol–water partition coefficient (Wildman–Crippen LogP) is 3.57. The highest BCUT2D eigenvalue weighted by Crippen LogP contribution is 2.15. The van der Waals surface area contributed by atoms with Crippen LogP contribution in [0.2, 0.25) is 0 Å². The Labute approximate surface area is 118 Å². The molecule has 0 unspecified atom stereocenters. The summed E-state index contributed by atoms with van der Waals surface area (Å²) < 4.78 is 0. The van der Waals surface area contributed by atoms with Crippen molar-refractivity contribution < 1.29 is 0 Å². The highest BCUT2D eigenvalue weighted by Gasteiger charge is 2.16. The Kier molecular flexibility index (Phi) is 11.1. The molecule has 1 fully saturated rings. The average molecular weight is 298 g/mol. The van der Waals surface area contributed by atoms with E-state index in [1.54, 1.807) is 0 Å². The van der Waals surface area contributed by atoms with Gasteiger partial charge in [0.2, 0.25) is 0 Å². The van der Waals surface area contributed by atoms with Gasteiger partial charge in [0, 0.05) is 19.3 Å². The number of rotatable bonds is 3. The van der Waals surface area contributed by atoms with E-state index in [9.17, 15) is 0 Å². The number of thioether (sulfide) groups is 2. The molecule has 1 heterocycles. The molecule has 0 aliphatic carbocycles. The van der Waals surface area contributed by atoms with Crippen LogP contribution < -0.4 is 0 Å². The first kappa shape index (κ1) is 15.5. The summed E-state index contributed by atoms with van der Waals surface area (Å²) in [6.45, 7) is 0. The van der Waals surface area contributed by atoms with Crippen molar-refractivity contribution in [1.82, 2.24) is 0 Å². The first-order valence-corrected chi connectivity index (χ1v) is 11.0. The molecular weight excluding hydrogens is 272 g/mol. The van der Waals surface area contributed by atoms with Crippen LogP contribution in [-0.2, 0) is 10.9 Å². The summed E-state index contributed by atoms with van der Waals surface area (Å²) in [6.07, 6.45) is 5.65. The van der Waals surface area contributed by atoms with Gasteiger partial charge in [0.15, 0.2) is 0 Å². The smallest absolute Gasteiger partial charge is 0.109 e. The molecule has 1 aliphatic rings. The Morgan fingerprint density at radius 3 is 2.00 bits per heavy atom. The predicted molar refractivity (Wildman–Crippen MR) is 88.9 cm³/mol. The molecule has 0 aromatic carbocycles. The SMILES string of the molecule is SCCC[S+]1CCCSCCCSCCC1. The van der Waals surface area contributed by atoms with Crippen molar-refractivity contribution in [3.05, 3.63) is 0 Å². The lowest BCUT2D eigenvalue weighted by Gasteiger charge is -2.10. The van der Waals surface area contributed by atoms with Gasteiger partial charge in [-0.1, -0.05) is 0 Å². The summed E-state index contributed by atoms with van der Waals surface area (Å²) in [4.78, 5) is 0. The van der Waals surface area contributed by atoms with Crippen LogP contribution >= 0.6 is 36.2 Å². The number of hydrogen-bond acceptors (Lipinski definition) is 3. The molecule has 0 radical (unpaired) electrons. The van der Waals surface area contributed by atoms with Gasteiger partial charge in [-0.25, -0.2) is 0 Å². The van der Waals surface area contributed by atoms with E-state index in [0.717, 1.165) is 16.6 Å². The molecule has 0 N–H and O–H groups in total. The van der Waals surface area contributed by atoms with E-state index in [1.165, 1.54) is 66.0 Å². The van der Waals surface area contributed by atoms with Gasteiger partial charge in [-0.15, -0.1) is 0 Å². The van der Waals surface area contributed by atoms with Crippen molar-refractivity contribution in [2.45, 2.75) is 25.7 Å². The molecule has 0 saturated carbocycles. The quantitative estimate of drug-likeness (QED) is 0.625. The third-order valence-electron chi connectivity index (χ3n) is 2.61. The van der Waals surface area contributed by atoms with Crippen molar-refractivity contribution in [3.8, 4) is 0 Å². The Hall–Kier alpha value is 1.40. The maximum atomic E-state index is 4.33. The molecule has 0 aromatic rings. The summed E-state index contributed by atoms with van der Waals surface area (Å²) in [5.41, 5.74) is 0. The minimum Gasteiger partial charge on any atom is -0.179 e. The second kappa shape index (κ2) is 11.5. The van der Waals surface area contributed by atoms with E-state index in [0.29, 0.717) is 0 Å². The van der Waals surface area contributed by atoms with Crippen LogP contribution in [0.1, 0.15) is 25.7 Å². The lowest BCUT2D eigenvalue weighted by molar-refractivity contribution is 1.03. The molecule has 1 saturated heterocycles. The fourth-order valence-corrected chi connectivity index (χ4v) is 6.76. The van der Waals surface area contributed by atoms with Gasteiger partial charge >= 0.3 is 0 Å². The topological polar surface area (TPSA) is 0 Å². The van der Waals surface area contributed by atoms with Gasteiger partial charge in [-0.2, -0.15) is 36.2 Å². The second-order valence-electron chi connectivity index (χ2n) is 4.09. The fourth-order valence-electron chi connectivity index (χ4n) is 1.77. The Balaban J connectivity index is 2.19. The molecule has 1 rings (SSSR count). The summed E-state index contributed by atoms with van der Waals surface area (Å²) in [5, 5.41) is 0. The second-order valence-corrected chi connectivity index (χ2v) is 9.43. The molecule has 4 heteroatoms. The maximum Gasteiger partial charge on any atom is 0.109 e. The fraction of sp³-hybridized carbons (Fsp3) is 1.00. The Bertz CT molecular complexity index is 140. The molecule has 0 aromatic heterocycles. The molecule has 16 heavy (non-hydrogen) atoms. The highest BCUT2D eigenvalue weighted by molar-refractivity contribution is 8.00. The monoisotopic (exact) mass is 297 g/mol. The molecule has 1 aliphatic heterocycles. The van der Waals surface area contributed by atoms with E-state index in [2.05, 4.69) is 36.2 Å². The van der Waals surface area contributed by atoms with Gasteiger partial charge in [-0.3, -0.25) is 0 Å². The number of hydrogen-bond donors (Lipinski definition) is 1. The zero-order chi connectivity index (χ0) is 11.5. The van der Waals surface area contributed by atoms with Crippen molar-refractivity contribution in [2.75, 3.05) is 46.0 Å². The van der Waals surface area contributed by atoms with Gasteiger partial charge in [0.05, 0.1) is 0 Å². The van der Waals surface area contributed by atoms with Crippen molar-refractivity contribution in [1.29, 1.82) is 0 Å². The van der Waals surface area contributed by atoms with Crippen LogP contribution in [0.5, 0.6) is 0 Å². The molecule has 96 valence electrons. The van der Waals surface area contributed by atoms with Gasteiger partial charge in [0.25, 0.3) is 0 Å². The lowest BCUT2D eigenvalue weighted by Crippen LogP contribution is -2.18. The molecule has 0 bridgehead atoms. The van der Waals surface area contributed by atoms with E-state index in [4.69, 9.17) is 0 Å². The van der Waals surface area contributed by atoms with Crippen LogP contribution in [0.15, 0.2) is 0 Å². The molecule has 0 atom stereocenters. The normalized spacial score (nSPS) is 22.3. The van der Waals surface area contributed by atoms with Crippen molar-refractivity contribution in [2.24, 2.45) is 0 Å². The van der Waals surface area contributed by atoms with Crippen LogP contribution in [0.4, 0.5) is 0 Å². The largest absolute Gasteiger partial charge is 0.179 e. The van der Waals surface area contributed by atoms with Crippen LogP contribution in [0.25, 0.3) is 0 Å². The zero-order valence-corrected chi connectivity index (χ0v) is 13.5. The lowest BCUT2D eigenvalue weighted by atomic mass is 10.5. The van der Waals surface area contributed by atoms with Gasteiger partial charge in [-0.05, 0) is 46.1 Å². The number of thiol groups is 1. The summed E-state index contributed by atoms with van der Waals surface area (Å²) in [5.74, 6) is 11.1. The molecule has 0 nitrogen and oxygen atoms in total. The molecule has 0 amide bonds. The third kappa shape index (κ3) is 8.48.